The number of hydrogen-bond acceptors (Lipinski definition) is 5. The Hall–Kier alpha value is -3.23. The lowest BCUT2D eigenvalue weighted by atomic mass is 9.86. The number of β-amino-alcohol motifs (C(OH)–C–C–N with tert-alkyl or cyclic N) is 1. The van der Waals surface area contributed by atoms with Crippen molar-refractivity contribution in [2.24, 2.45) is 5.92 Å². The first kappa shape index (κ1) is 25.1. The fourth-order valence-corrected chi connectivity index (χ4v) is 6.22. The molecular weight excluding hydrogens is 486 g/mol. The number of anilines is 1. The van der Waals surface area contributed by atoms with Crippen LogP contribution in [0, 0.1) is 24.5 Å². The second kappa shape index (κ2) is 10.5. The lowest BCUT2D eigenvalue weighted by molar-refractivity contribution is 0.0485. The number of benzene rings is 2. The number of aliphatic hydroxyl groups is 1. The first-order valence-corrected chi connectivity index (χ1v) is 13.6. The summed E-state index contributed by atoms with van der Waals surface area (Å²) in [5, 5.41) is 12.3. The van der Waals surface area contributed by atoms with Crippen molar-refractivity contribution in [2.45, 2.75) is 44.6 Å². The van der Waals surface area contributed by atoms with E-state index in [1.165, 1.54) is 40.4 Å². The van der Waals surface area contributed by atoms with E-state index in [0.29, 0.717) is 29.8 Å². The van der Waals surface area contributed by atoms with Crippen molar-refractivity contribution >= 4 is 16.9 Å². The largest absolute Gasteiger partial charge is 0.423 e. The lowest BCUT2D eigenvalue weighted by Gasteiger charge is -2.37. The van der Waals surface area contributed by atoms with Crippen LogP contribution < -0.4 is 4.90 Å². The smallest absolute Gasteiger partial charge is 0.297 e. The molecule has 2 aliphatic heterocycles. The summed E-state index contributed by atoms with van der Waals surface area (Å²) in [7, 11) is 0. The van der Waals surface area contributed by atoms with Gasteiger partial charge in [0.2, 0.25) is 0 Å². The summed E-state index contributed by atoms with van der Waals surface area (Å²) < 4.78 is 33.0. The Kier molecular flexibility index (Phi) is 6.93. The highest BCUT2D eigenvalue weighted by Gasteiger charge is 2.31. The van der Waals surface area contributed by atoms with Crippen LogP contribution in [0.4, 0.5) is 14.8 Å². The molecule has 38 heavy (non-hydrogen) atoms. The van der Waals surface area contributed by atoms with Crippen LogP contribution in [0.15, 0.2) is 53.2 Å². The molecule has 2 fully saturated rings. The summed E-state index contributed by atoms with van der Waals surface area (Å²) in [6, 6.07) is 10.2. The van der Waals surface area contributed by atoms with E-state index < -0.39 is 11.6 Å². The predicted octanol–water partition coefficient (Wildman–Crippen LogP) is 5.87. The zero-order valence-electron chi connectivity index (χ0n) is 21.7. The Morgan fingerprint density at radius 3 is 2.63 bits per heavy atom. The molecule has 0 saturated carbocycles. The van der Waals surface area contributed by atoms with Gasteiger partial charge in [-0.15, -0.1) is 0 Å². The fourth-order valence-electron chi connectivity index (χ4n) is 6.22. The number of aromatic nitrogens is 2. The van der Waals surface area contributed by atoms with Gasteiger partial charge in [0, 0.05) is 54.3 Å². The number of aryl methyl sites for hydroxylation is 1. The van der Waals surface area contributed by atoms with Gasteiger partial charge in [0.15, 0.2) is 5.76 Å². The second-order valence-electron chi connectivity index (χ2n) is 10.9. The molecule has 6 nitrogen and oxygen atoms in total. The fraction of sp³-hybridized carbons (Fsp3) is 0.433. The number of nitrogens with zero attached hydrogens (tertiary/aromatic N) is 3. The number of H-pyrrole nitrogens is 1. The van der Waals surface area contributed by atoms with Crippen LogP contribution in [-0.4, -0.2) is 58.8 Å². The number of para-hydroxylation sites is 1. The molecule has 0 amide bonds. The Morgan fingerprint density at radius 1 is 1.08 bits per heavy atom. The highest BCUT2D eigenvalue weighted by atomic mass is 19.1. The van der Waals surface area contributed by atoms with Crippen LogP contribution in [0.2, 0.25) is 0 Å². The van der Waals surface area contributed by atoms with E-state index in [1.54, 1.807) is 0 Å². The zero-order chi connectivity index (χ0) is 26.2. The third-order valence-corrected chi connectivity index (χ3v) is 8.40. The summed E-state index contributed by atoms with van der Waals surface area (Å²) in [6.07, 6.45) is 7.40. The average Bonchev–Trinajstić information content (AvgIpc) is 3.56. The maximum Gasteiger partial charge on any atom is 0.297 e. The molecule has 0 spiro atoms. The molecule has 200 valence electrons. The maximum absolute atomic E-state index is 13.6. The third-order valence-electron chi connectivity index (χ3n) is 8.40. The summed E-state index contributed by atoms with van der Waals surface area (Å²) in [5.41, 5.74) is 3.99. The molecular formula is C30H34F2N4O2. The van der Waals surface area contributed by atoms with Crippen LogP contribution in [0.25, 0.3) is 22.2 Å². The maximum atomic E-state index is 13.6. The summed E-state index contributed by atoms with van der Waals surface area (Å²) in [4.78, 5) is 12.3. The van der Waals surface area contributed by atoms with Gasteiger partial charge in [-0.3, -0.25) is 0 Å². The standard InChI is InChI=1S/C30H34F2N4O2/c1-19-3-2-4-25-26(16-33-29(19)25)24-8-10-35(18-27(24)37)9-5-20-6-11-36(12-7-20)30-34-17-28(38-30)21-13-22(31)15-23(32)14-21/h2-4,13-17,20,24,27,33,37H,5-12,18H2,1H3. The molecule has 2 saturated heterocycles. The van der Waals surface area contributed by atoms with Gasteiger partial charge in [-0.25, -0.2) is 13.8 Å². The first-order chi connectivity index (χ1) is 18.4. The van der Waals surface area contributed by atoms with Crippen molar-refractivity contribution < 1.29 is 18.3 Å². The van der Waals surface area contributed by atoms with Gasteiger partial charge in [0.1, 0.15) is 11.6 Å². The topological polar surface area (TPSA) is 68.5 Å². The van der Waals surface area contributed by atoms with E-state index in [-0.39, 0.29) is 12.0 Å². The number of likely N-dealkylation sites (tertiary alicyclic amines) is 1. The molecule has 0 aliphatic carbocycles. The van der Waals surface area contributed by atoms with E-state index in [2.05, 4.69) is 51.1 Å². The van der Waals surface area contributed by atoms with Crippen molar-refractivity contribution in [2.75, 3.05) is 37.6 Å². The van der Waals surface area contributed by atoms with E-state index in [1.807, 2.05) is 0 Å². The highest BCUT2D eigenvalue weighted by Crippen LogP contribution is 2.35. The van der Waals surface area contributed by atoms with Crippen LogP contribution in [-0.2, 0) is 0 Å². The number of rotatable bonds is 6. The molecule has 6 rings (SSSR count). The normalized spacial score (nSPS) is 21.4. The number of nitrogens with one attached hydrogen (secondary N) is 1. The minimum Gasteiger partial charge on any atom is -0.423 e. The number of hydrogen-bond donors (Lipinski definition) is 2. The molecule has 2 aromatic carbocycles. The molecule has 2 aromatic heterocycles. The monoisotopic (exact) mass is 520 g/mol. The summed E-state index contributed by atoms with van der Waals surface area (Å²) in [6.45, 7) is 6.50. The van der Waals surface area contributed by atoms with Gasteiger partial charge in [-0.1, -0.05) is 18.2 Å². The Morgan fingerprint density at radius 2 is 1.87 bits per heavy atom. The Labute approximate surface area is 221 Å². The molecule has 0 radical (unpaired) electrons. The Bertz CT molecular complexity index is 1390. The van der Waals surface area contributed by atoms with Crippen molar-refractivity contribution in [1.82, 2.24) is 14.9 Å². The average molecular weight is 521 g/mol. The molecule has 2 unspecified atom stereocenters. The quantitative estimate of drug-likeness (QED) is 0.333. The minimum absolute atomic E-state index is 0.166. The van der Waals surface area contributed by atoms with E-state index in [4.69, 9.17) is 4.42 Å². The SMILES string of the molecule is Cc1cccc2c(C3CCN(CCC4CCN(c5ncc(-c6cc(F)cc(F)c6)o5)CC4)CC3O)c[nH]c12. The number of aromatic amines is 1. The molecule has 2 N–H and O–H groups in total. The number of halogens is 2. The van der Waals surface area contributed by atoms with Crippen molar-refractivity contribution in [3.05, 3.63) is 71.6 Å². The number of fused-ring (bicyclic) bond motifs is 1. The third kappa shape index (κ3) is 5.07. The molecule has 2 atom stereocenters. The lowest BCUT2D eigenvalue weighted by Crippen LogP contribution is -2.44. The van der Waals surface area contributed by atoms with E-state index in [0.717, 1.165) is 57.9 Å². The Balaban J connectivity index is 0.988. The van der Waals surface area contributed by atoms with Crippen LogP contribution in [0.5, 0.6) is 0 Å². The van der Waals surface area contributed by atoms with Gasteiger partial charge in [-0.2, -0.15) is 0 Å². The second-order valence-corrected chi connectivity index (χ2v) is 10.9. The van der Waals surface area contributed by atoms with Gasteiger partial charge >= 0.3 is 0 Å². The number of oxazole rings is 1. The van der Waals surface area contributed by atoms with Gasteiger partial charge < -0.3 is 24.3 Å². The molecule has 4 aromatic rings. The van der Waals surface area contributed by atoms with Crippen LogP contribution >= 0.6 is 0 Å². The summed E-state index contributed by atoms with van der Waals surface area (Å²) in [5.74, 6) is -0.124. The van der Waals surface area contributed by atoms with Crippen LogP contribution in [0.3, 0.4) is 0 Å². The molecule has 0 bridgehead atoms. The first-order valence-electron chi connectivity index (χ1n) is 13.6. The molecule has 4 heterocycles. The van der Waals surface area contributed by atoms with Crippen molar-refractivity contribution in [1.29, 1.82) is 0 Å². The number of piperidine rings is 2. The summed E-state index contributed by atoms with van der Waals surface area (Å²) >= 11 is 0. The number of aliphatic hydroxyl groups excluding tert-OH is 1. The van der Waals surface area contributed by atoms with E-state index >= 15 is 0 Å². The van der Waals surface area contributed by atoms with Crippen molar-refractivity contribution in [3.63, 3.8) is 0 Å². The zero-order valence-corrected chi connectivity index (χ0v) is 21.7. The van der Waals surface area contributed by atoms with Crippen LogP contribution in [0.1, 0.15) is 42.7 Å². The molecule has 8 heteroatoms. The van der Waals surface area contributed by atoms with Gasteiger partial charge in [0.25, 0.3) is 6.01 Å². The minimum atomic E-state index is -0.636. The van der Waals surface area contributed by atoms with Gasteiger partial charge in [-0.05, 0) is 74.9 Å². The van der Waals surface area contributed by atoms with Crippen molar-refractivity contribution in [3.8, 4) is 11.3 Å². The van der Waals surface area contributed by atoms with E-state index in [9.17, 15) is 13.9 Å². The highest BCUT2D eigenvalue weighted by molar-refractivity contribution is 5.86. The van der Waals surface area contributed by atoms with Gasteiger partial charge in [0.05, 0.1) is 12.3 Å². The molecule has 2 aliphatic rings. The predicted molar refractivity (Wildman–Crippen MR) is 144 cm³/mol.